The first-order valence-electron chi connectivity index (χ1n) is 28.9. The number of Topliss-reactive ketones (excluding diaryl/α,β-unsaturated/α-hetero) is 1. The number of hydrogen-bond donors (Lipinski definition) is 1. The Kier molecular flexibility index (Phi) is 18.6. The number of ketones is 1. The van der Waals surface area contributed by atoms with Crippen LogP contribution in [-0.2, 0) is 13.0 Å². The molecule has 17 nitrogen and oxygen atoms in total. The van der Waals surface area contributed by atoms with E-state index >= 15 is 4.39 Å². The number of carbonyl (C=O) groups excluding carboxylic acids is 2. The van der Waals surface area contributed by atoms with Gasteiger partial charge < -0.3 is 39.6 Å². The Morgan fingerprint density at radius 2 is 1.06 bits per heavy atom. The predicted octanol–water partition coefficient (Wildman–Crippen LogP) is 12.4. The first kappa shape index (κ1) is 63.2. The van der Waals surface area contributed by atoms with E-state index in [-0.39, 0.29) is 54.0 Å². The van der Waals surface area contributed by atoms with E-state index in [0.29, 0.717) is 96.1 Å². The summed E-state index contributed by atoms with van der Waals surface area (Å²) in [6.07, 6.45) is -5.12. The van der Waals surface area contributed by atoms with Gasteiger partial charge in [0.2, 0.25) is 0 Å². The van der Waals surface area contributed by atoms with Crippen LogP contribution in [0.15, 0.2) is 146 Å². The largest absolute Gasteiger partial charge is 0.573 e. The number of benzene rings is 5. The molecule has 2 aliphatic rings. The van der Waals surface area contributed by atoms with E-state index in [4.69, 9.17) is 10.6 Å². The van der Waals surface area contributed by atoms with Gasteiger partial charge in [-0.2, -0.15) is 10.2 Å². The molecule has 7 heterocycles. The van der Waals surface area contributed by atoms with Crippen LogP contribution in [0.3, 0.4) is 0 Å². The fourth-order valence-electron chi connectivity index (χ4n) is 11.3. The van der Waals surface area contributed by atoms with Crippen molar-refractivity contribution in [2.24, 2.45) is 5.73 Å². The maximum Gasteiger partial charge on any atom is 0.573 e. The van der Waals surface area contributed by atoms with Crippen molar-refractivity contribution < 1.29 is 59.0 Å². The van der Waals surface area contributed by atoms with E-state index in [2.05, 4.69) is 39.8 Å². The van der Waals surface area contributed by atoms with Crippen molar-refractivity contribution in [1.82, 2.24) is 34.4 Å². The molecule has 5 aromatic carbocycles. The molecule has 2 N–H and O–H groups in total. The monoisotopic (exact) mass is 1240 g/mol. The summed E-state index contributed by atoms with van der Waals surface area (Å²) in [5.41, 5.74) is 16.8. The van der Waals surface area contributed by atoms with Crippen molar-refractivity contribution in [3.63, 3.8) is 0 Å². The van der Waals surface area contributed by atoms with Gasteiger partial charge in [0.25, 0.3) is 0 Å². The number of hydrogen-bond acceptors (Lipinski definition) is 14. The molecule has 10 aromatic rings. The highest BCUT2D eigenvalue weighted by atomic mass is 19.4. The molecular weight excluding hydrogens is 1180 g/mol. The zero-order valence-corrected chi connectivity index (χ0v) is 49.9. The topological polar surface area (TPSA) is 166 Å². The standard InChI is InChI=1S/C30H30F4N4O2.C19H21F4N3O.C16H13N5O2/c1-19-12-13-38-27(16-19)29(21(3)35-38)28(39)11-5-22-4-10-26(25(31)17-22)36-14-15-37(20(2)18-36)23-6-8-24(9-7-23)40-30(32,33)34;1-13-12-25(18-7-2-14(11-24)10-17(18)20)8-9-26(13)15-3-5-16(6-4-15)27-19(21,22)23;1-10-7-8-20-14(9-10)15(11(2)18-20)16(22)23-21-13-6-4-3-5-12(13)17-19-21/h4,6-10,12-13,16-17,20H,5,11,14-15,18H2,1-3H3;2-7,10,13H,8-9,11-12,24H2,1H3;3-9H,1-2H3/t20-;13-;/m00./s1. The summed E-state index contributed by atoms with van der Waals surface area (Å²) in [6.45, 7) is 15.3. The third-order valence-electron chi connectivity index (χ3n) is 15.5. The number of fused-ring (bicyclic) bond motifs is 3. The summed E-state index contributed by atoms with van der Waals surface area (Å²) in [4.78, 5) is 40.3. The van der Waals surface area contributed by atoms with Gasteiger partial charge in [-0.1, -0.05) is 29.1 Å². The Labute approximate surface area is 512 Å². The van der Waals surface area contributed by atoms with Gasteiger partial charge in [-0.15, -0.1) is 31.4 Å². The Morgan fingerprint density at radius 3 is 1.54 bits per heavy atom. The molecule has 470 valence electrons. The number of anilines is 4. The molecule has 0 spiro atoms. The molecule has 5 aromatic heterocycles. The molecule has 0 amide bonds. The van der Waals surface area contributed by atoms with Gasteiger partial charge in [-0.3, -0.25) is 4.79 Å². The Balaban J connectivity index is 0.000000156. The molecule has 0 saturated carbocycles. The molecule has 2 atom stereocenters. The van der Waals surface area contributed by atoms with Gasteiger partial charge in [0.1, 0.15) is 39.7 Å². The highest BCUT2D eigenvalue weighted by Gasteiger charge is 2.33. The summed E-state index contributed by atoms with van der Waals surface area (Å²) in [5.74, 6) is -1.70. The van der Waals surface area contributed by atoms with E-state index < -0.39 is 18.7 Å². The van der Waals surface area contributed by atoms with Crippen molar-refractivity contribution >= 4 is 56.6 Å². The van der Waals surface area contributed by atoms with E-state index in [1.54, 1.807) is 64.5 Å². The summed E-state index contributed by atoms with van der Waals surface area (Å²) < 4.78 is 115. The molecule has 2 aliphatic heterocycles. The zero-order chi connectivity index (χ0) is 64.2. The van der Waals surface area contributed by atoms with Crippen LogP contribution in [-0.4, -0.2) is 110 Å². The minimum atomic E-state index is -4.73. The zero-order valence-electron chi connectivity index (χ0n) is 49.9. The van der Waals surface area contributed by atoms with E-state index in [1.165, 1.54) is 36.4 Å². The van der Waals surface area contributed by atoms with Crippen LogP contribution in [0.4, 0.5) is 57.9 Å². The van der Waals surface area contributed by atoms with E-state index in [0.717, 1.165) is 44.0 Å². The normalized spacial score (nSPS) is 15.4. The van der Waals surface area contributed by atoms with Crippen LogP contribution >= 0.6 is 0 Å². The smallest absolute Gasteiger partial charge is 0.406 e. The maximum atomic E-state index is 15.2. The fourth-order valence-corrected chi connectivity index (χ4v) is 11.3. The molecule has 0 radical (unpaired) electrons. The van der Waals surface area contributed by atoms with Crippen molar-refractivity contribution in [3.8, 4) is 11.5 Å². The van der Waals surface area contributed by atoms with Crippen LogP contribution in [0, 0.1) is 39.3 Å². The first-order chi connectivity index (χ1) is 42.9. The minimum Gasteiger partial charge on any atom is -0.406 e. The molecule has 0 bridgehead atoms. The third kappa shape index (κ3) is 14.9. The van der Waals surface area contributed by atoms with Crippen LogP contribution in [0.5, 0.6) is 11.5 Å². The number of carbonyl (C=O) groups is 2. The van der Waals surface area contributed by atoms with Crippen LogP contribution in [0.2, 0.25) is 0 Å². The molecule has 2 fully saturated rings. The van der Waals surface area contributed by atoms with Crippen molar-refractivity contribution in [3.05, 3.63) is 202 Å². The molecule has 0 aliphatic carbocycles. The van der Waals surface area contributed by atoms with Crippen molar-refractivity contribution in [2.45, 2.75) is 85.7 Å². The molecule has 25 heteroatoms. The molecular formula is C65H64F8N12O5. The van der Waals surface area contributed by atoms with Crippen LogP contribution in [0.1, 0.15) is 74.6 Å². The second kappa shape index (κ2) is 26.5. The van der Waals surface area contributed by atoms with Gasteiger partial charge in [0.15, 0.2) is 5.78 Å². The highest BCUT2D eigenvalue weighted by molar-refractivity contribution is 6.03. The number of halogens is 8. The number of para-hydroxylation sites is 1. The van der Waals surface area contributed by atoms with Gasteiger partial charge >= 0.3 is 18.7 Å². The minimum absolute atomic E-state index is 0.00226. The lowest BCUT2D eigenvalue weighted by Crippen LogP contribution is -2.52. The summed E-state index contributed by atoms with van der Waals surface area (Å²) >= 11 is 0. The number of piperazine rings is 2. The van der Waals surface area contributed by atoms with Gasteiger partial charge in [-0.05, 0) is 185 Å². The number of nitrogens with two attached hydrogens (primary N) is 1. The van der Waals surface area contributed by atoms with Gasteiger partial charge in [0.05, 0.1) is 39.4 Å². The number of aromatic nitrogens is 7. The second-order valence-electron chi connectivity index (χ2n) is 22.1. The summed E-state index contributed by atoms with van der Waals surface area (Å²) in [7, 11) is 0. The van der Waals surface area contributed by atoms with Crippen LogP contribution in [0.25, 0.3) is 22.1 Å². The average molecular weight is 1250 g/mol. The quantitative estimate of drug-likeness (QED) is 0.0658. The highest BCUT2D eigenvalue weighted by Crippen LogP contribution is 2.33. The maximum absolute atomic E-state index is 15.2. The third-order valence-corrected chi connectivity index (χ3v) is 15.5. The van der Waals surface area contributed by atoms with E-state index in [9.17, 15) is 40.3 Å². The SMILES string of the molecule is C[C@H]1CN(c2ccc(CN)cc2F)CCN1c1ccc(OC(F)(F)F)cc1.Cc1ccn2nc(C)c(C(=O)CCc3ccc(N4CCN(c5ccc(OC(F)(F)F)cc5)[C@@H](C)C4)c(F)c3)c2c1.Cc1ccn2nc(C)c(C(=O)On3nnc4ccccc43)c2c1. The van der Waals surface area contributed by atoms with Gasteiger partial charge in [-0.25, -0.2) is 22.6 Å². The average Bonchev–Trinajstić information content (AvgIpc) is 1.80. The number of aryl methyl sites for hydroxylation is 5. The second-order valence-corrected chi connectivity index (χ2v) is 22.1. The van der Waals surface area contributed by atoms with Crippen LogP contribution < -0.4 is 39.6 Å². The molecule has 0 unspecified atom stereocenters. The van der Waals surface area contributed by atoms with Gasteiger partial charge in [0, 0.05) is 88.1 Å². The number of nitrogens with zero attached hydrogens (tertiary/aromatic N) is 11. The van der Waals surface area contributed by atoms with Crippen molar-refractivity contribution in [2.75, 3.05) is 58.9 Å². The predicted molar refractivity (Wildman–Crippen MR) is 325 cm³/mol. The number of ether oxygens (including phenoxy) is 2. The van der Waals surface area contributed by atoms with E-state index in [1.807, 2.05) is 105 Å². The lowest BCUT2D eigenvalue weighted by Gasteiger charge is -2.42. The number of rotatable bonds is 13. The Bertz CT molecular complexity index is 4190. The van der Waals surface area contributed by atoms with Crippen molar-refractivity contribution in [1.29, 1.82) is 0 Å². The lowest BCUT2D eigenvalue weighted by atomic mass is 10.0. The molecule has 12 rings (SSSR count). The fraction of sp³-hybridized carbons (Fsp3) is 0.292. The number of pyridine rings is 2. The Morgan fingerprint density at radius 1 is 0.578 bits per heavy atom. The lowest BCUT2D eigenvalue weighted by molar-refractivity contribution is -0.275. The first-order valence-corrected chi connectivity index (χ1v) is 28.9. The summed E-state index contributed by atoms with van der Waals surface area (Å²) in [5, 5.41) is 16.6. The summed E-state index contributed by atoms with van der Waals surface area (Å²) in [6, 6.07) is 36.7. The number of alkyl halides is 6. The Hall–Kier alpha value is -9.78. The molecule has 90 heavy (non-hydrogen) atoms. The molecule has 2 saturated heterocycles.